The Bertz CT molecular complexity index is 456. The predicted octanol–water partition coefficient (Wildman–Crippen LogP) is 2.15. The molecule has 5 heteroatoms. The first-order valence-corrected chi connectivity index (χ1v) is 6.24. The van der Waals surface area contributed by atoms with Crippen molar-refractivity contribution in [2.45, 2.75) is 0 Å². The maximum Gasteiger partial charge on any atom is 0.294 e. The molecule has 2 rings (SSSR count). The number of nitrogens with zero attached hydrogens (tertiary/aromatic N) is 3. The summed E-state index contributed by atoms with van der Waals surface area (Å²) in [6.45, 7) is 1.51. The molecule has 0 aliphatic carbocycles. The van der Waals surface area contributed by atoms with Crippen LogP contribution in [-0.2, 0) is 0 Å². The summed E-state index contributed by atoms with van der Waals surface area (Å²) in [6.07, 6.45) is 0. The highest BCUT2D eigenvalue weighted by molar-refractivity contribution is 7.16. The van der Waals surface area contributed by atoms with Crippen molar-refractivity contribution in [2.75, 3.05) is 27.2 Å². The lowest BCUT2D eigenvalue weighted by Crippen LogP contribution is -2.19. The van der Waals surface area contributed by atoms with Gasteiger partial charge in [-0.15, -0.1) is 5.10 Å². The van der Waals surface area contributed by atoms with Crippen molar-refractivity contribution in [1.82, 2.24) is 15.1 Å². The minimum absolute atomic E-state index is 0.630. The van der Waals surface area contributed by atoms with E-state index in [1.54, 1.807) is 0 Å². The number of ether oxygens (including phenoxy) is 1. The van der Waals surface area contributed by atoms with Crippen LogP contribution in [0.2, 0.25) is 0 Å². The molecule has 0 fully saturated rings. The molecular weight excluding hydrogens is 234 g/mol. The van der Waals surface area contributed by atoms with Gasteiger partial charge in [0.05, 0.1) is 0 Å². The van der Waals surface area contributed by atoms with E-state index in [0.717, 1.165) is 17.1 Å². The molecule has 17 heavy (non-hydrogen) atoms. The first-order valence-electron chi connectivity index (χ1n) is 5.42. The van der Waals surface area contributed by atoms with Gasteiger partial charge < -0.3 is 9.64 Å². The van der Waals surface area contributed by atoms with Crippen LogP contribution in [0.5, 0.6) is 5.19 Å². The number of aromatic nitrogens is 2. The molecule has 0 aliphatic heterocycles. The van der Waals surface area contributed by atoms with Gasteiger partial charge in [0.25, 0.3) is 5.19 Å². The molecule has 0 bridgehead atoms. The lowest BCUT2D eigenvalue weighted by atomic mass is 10.2. The van der Waals surface area contributed by atoms with Gasteiger partial charge in [0.1, 0.15) is 6.61 Å². The molecule has 90 valence electrons. The Morgan fingerprint density at radius 2 is 1.94 bits per heavy atom. The maximum atomic E-state index is 5.52. The van der Waals surface area contributed by atoms with E-state index in [1.165, 1.54) is 11.3 Å². The normalized spacial score (nSPS) is 10.8. The van der Waals surface area contributed by atoms with Crippen molar-refractivity contribution in [2.24, 2.45) is 0 Å². The zero-order valence-corrected chi connectivity index (χ0v) is 10.8. The zero-order valence-electron chi connectivity index (χ0n) is 9.96. The highest BCUT2D eigenvalue weighted by atomic mass is 32.1. The van der Waals surface area contributed by atoms with Crippen LogP contribution in [0.25, 0.3) is 10.6 Å². The molecular formula is C12H15N3OS. The van der Waals surface area contributed by atoms with Crippen LogP contribution in [0.15, 0.2) is 30.3 Å². The molecule has 1 heterocycles. The summed E-state index contributed by atoms with van der Waals surface area (Å²) in [7, 11) is 4.03. The van der Waals surface area contributed by atoms with Gasteiger partial charge in [-0.1, -0.05) is 46.8 Å². The second-order valence-corrected chi connectivity index (χ2v) is 4.83. The quantitative estimate of drug-likeness (QED) is 0.814. The topological polar surface area (TPSA) is 38.2 Å². The molecule has 0 atom stereocenters. The number of rotatable bonds is 5. The first kappa shape index (κ1) is 12.0. The molecule has 0 unspecified atom stereocenters. The van der Waals surface area contributed by atoms with Crippen LogP contribution < -0.4 is 4.74 Å². The molecule has 0 saturated carbocycles. The molecule has 4 nitrogen and oxygen atoms in total. The van der Waals surface area contributed by atoms with Gasteiger partial charge in [0.2, 0.25) is 0 Å². The van der Waals surface area contributed by atoms with Crippen LogP contribution in [0.3, 0.4) is 0 Å². The Morgan fingerprint density at radius 3 is 2.65 bits per heavy atom. The third-order valence-corrected chi connectivity index (χ3v) is 3.08. The van der Waals surface area contributed by atoms with E-state index < -0.39 is 0 Å². The minimum atomic E-state index is 0.630. The average Bonchev–Trinajstić information content (AvgIpc) is 2.78. The van der Waals surface area contributed by atoms with E-state index in [9.17, 15) is 0 Å². The van der Waals surface area contributed by atoms with Gasteiger partial charge >= 0.3 is 0 Å². The van der Waals surface area contributed by atoms with E-state index in [4.69, 9.17) is 4.74 Å². The van der Waals surface area contributed by atoms with Gasteiger partial charge in [-0.25, -0.2) is 0 Å². The second-order valence-electron chi connectivity index (χ2n) is 3.89. The van der Waals surface area contributed by atoms with Crippen LogP contribution in [-0.4, -0.2) is 42.3 Å². The summed E-state index contributed by atoms with van der Waals surface area (Å²) in [5.41, 5.74) is 1.08. The first-order chi connectivity index (χ1) is 8.25. The molecule has 0 saturated heterocycles. The van der Waals surface area contributed by atoms with E-state index in [0.29, 0.717) is 11.8 Å². The van der Waals surface area contributed by atoms with E-state index >= 15 is 0 Å². The molecule has 1 aromatic carbocycles. The summed E-state index contributed by atoms with van der Waals surface area (Å²) in [5.74, 6) is 0. The lowest BCUT2D eigenvalue weighted by Gasteiger charge is -2.08. The van der Waals surface area contributed by atoms with Crippen LogP contribution in [0.4, 0.5) is 0 Å². The molecule has 0 N–H and O–H groups in total. The minimum Gasteiger partial charge on any atom is -0.468 e. The van der Waals surface area contributed by atoms with E-state index in [2.05, 4.69) is 15.1 Å². The summed E-state index contributed by atoms with van der Waals surface area (Å²) in [5, 5.41) is 9.66. The summed E-state index contributed by atoms with van der Waals surface area (Å²) < 4.78 is 5.52. The SMILES string of the molecule is CN(C)CCOc1nnc(-c2ccccc2)s1. The van der Waals surface area contributed by atoms with Gasteiger partial charge in [0.15, 0.2) is 5.01 Å². The Balaban J connectivity index is 1.97. The highest BCUT2D eigenvalue weighted by Crippen LogP contribution is 2.27. The summed E-state index contributed by atoms with van der Waals surface area (Å²) in [6, 6.07) is 10.00. The predicted molar refractivity (Wildman–Crippen MR) is 69.4 cm³/mol. The summed E-state index contributed by atoms with van der Waals surface area (Å²) in [4.78, 5) is 2.07. The van der Waals surface area contributed by atoms with Crippen LogP contribution >= 0.6 is 11.3 Å². The third-order valence-electron chi connectivity index (χ3n) is 2.19. The maximum absolute atomic E-state index is 5.52. The Hall–Kier alpha value is -1.46. The van der Waals surface area contributed by atoms with Crippen molar-refractivity contribution < 1.29 is 4.74 Å². The van der Waals surface area contributed by atoms with Crippen LogP contribution in [0, 0.1) is 0 Å². The molecule has 2 aromatic rings. The van der Waals surface area contributed by atoms with Crippen molar-refractivity contribution in [3.05, 3.63) is 30.3 Å². The largest absolute Gasteiger partial charge is 0.468 e. The molecule has 1 aromatic heterocycles. The van der Waals surface area contributed by atoms with Crippen molar-refractivity contribution in [1.29, 1.82) is 0 Å². The zero-order chi connectivity index (χ0) is 12.1. The van der Waals surface area contributed by atoms with Crippen molar-refractivity contribution in [3.63, 3.8) is 0 Å². The van der Waals surface area contributed by atoms with E-state index in [1.807, 2.05) is 44.4 Å². The average molecular weight is 249 g/mol. The smallest absolute Gasteiger partial charge is 0.294 e. The monoisotopic (exact) mass is 249 g/mol. The Morgan fingerprint density at radius 1 is 1.18 bits per heavy atom. The fourth-order valence-corrected chi connectivity index (χ4v) is 2.01. The standard InChI is InChI=1S/C12H15N3OS/c1-15(2)8-9-16-12-14-13-11(17-12)10-6-4-3-5-7-10/h3-7H,8-9H2,1-2H3. The second kappa shape index (κ2) is 5.75. The number of benzene rings is 1. The lowest BCUT2D eigenvalue weighted by molar-refractivity contribution is 0.259. The molecule has 0 radical (unpaired) electrons. The van der Waals surface area contributed by atoms with Gasteiger partial charge in [-0.05, 0) is 14.1 Å². The number of hydrogen-bond acceptors (Lipinski definition) is 5. The Labute approximate surface area is 105 Å². The van der Waals surface area contributed by atoms with E-state index in [-0.39, 0.29) is 0 Å². The van der Waals surface area contributed by atoms with Crippen molar-refractivity contribution in [3.8, 4) is 15.8 Å². The summed E-state index contributed by atoms with van der Waals surface area (Å²) >= 11 is 1.47. The van der Waals surface area contributed by atoms with Crippen molar-refractivity contribution >= 4 is 11.3 Å². The van der Waals surface area contributed by atoms with Gasteiger partial charge in [0, 0.05) is 12.1 Å². The molecule has 0 aliphatic rings. The number of likely N-dealkylation sites (N-methyl/N-ethyl adjacent to an activating group) is 1. The Kier molecular flexibility index (Phi) is 4.06. The molecule has 0 spiro atoms. The molecule has 0 amide bonds. The van der Waals surface area contributed by atoms with Crippen LogP contribution in [0.1, 0.15) is 0 Å². The fraction of sp³-hybridized carbons (Fsp3) is 0.333. The van der Waals surface area contributed by atoms with Gasteiger partial charge in [-0.2, -0.15) is 0 Å². The fourth-order valence-electron chi connectivity index (χ4n) is 1.28. The third kappa shape index (κ3) is 3.51. The van der Waals surface area contributed by atoms with Gasteiger partial charge in [-0.3, -0.25) is 0 Å². The highest BCUT2D eigenvalue weighted by Gasteiger charge is 2.06. The number of hydrogen-bond donors (Lipinski definition) is 0.